The molecular weight excluding hydrogens is 230 g/mol. The monoisotopic (exact) mass is 249 g/mol. The van der Waals surface area contributed by atoms with Crippen LogP contribution in [0.25, 0.3) is 0 Å². The van der Waals surface area contributed by atoms with E-state index < -0.39 is 5.60 Å². The summed E-state index contributed by atoms with van der Waals surface area (Å²) in [6.45, 7) is 5.32. The van der Waals surface area contributed by atoms with Crippen LogP contribution in [0, 0.1) is 0 Å². The van der Waals surface area contributed by atoms with E-state index >= 15 is 0 Å². The molecule has 0 saturated carbocycles. The van der Waals surface area contributed by atoms with Crippen LogP contribution in [0.2, 0.25) is 0 Å². The fourth-order valence-electron chi connectivity index (χ4n) is 1.89. The summed E-state index contributed by atoms with van der Waals surface area (Å²) in [5.74, 6) is 0.888. The van der Waals surface area contributed by atoms with Crippen molar-refractivity contribution in [3.8, 4) is 0 Å². The lowest BCUT2D eigenvalue weighted by Gasteiger charge is -2.32. The van der Waals surface area contributed by atoms with Crippen LogP contribution in [-0.2, 0) is 10.4 Å². The van der Waals surface area contributed by atoms with Gasteiger partial charge in [-0.15, -0.1) is 0 Å². The van der Waals surface area contributed by atoms with Crippen molar-refractivity contribution in [2.24, 2.45) is 0 Å². The number of carbonyl (C=O) groups is 1. The van der Waals surface area contributed by atoms with Crippen molar-refractivity contribution >= 4 is 11.7 Å². The Hall–Kier alpha value is -1.62. The van der Waals surface area contributed by atoms with Crippen molar-refractivity contribution in [2.45, 2.75) is 19.4 Å². The summed E-state index contributed by atoms with van der Waals surface area (Å²) in [5, 5.41) is 9.85. The third-order valence-electron chi connectivity index (χ3n) is 3.24. The largest absolute Gasteiger partial charge is 0.386 e. The van der Waals surface area contributed by atoms with Crippen LogP contribution in [0.5, 0.6) is 0 Å². The molecule has 98 valence electrons. The first-order valence-electron chi connectivity index (χ1n) is 6.06. The van der Waals surface area contributed by atoms with Crippen LogP contribution in [0.1, 0.15) is 19.4 Å². The molecule has 1 aromatic heterocycles. The average molecular weight is 249 g/mol. The highest BCUT2D eigenvalue weighted by molar-refractivity contribution is 5.82. The highest BCUT2D eigenvalue weighted by Crippen LogP contribution is 2.21. The van der Waals surface area contributed by atoms with Gasteiger partial charge < -0.3 is 14.9 Å². The maximum absolute atomic E-state index is 11.6. The number of amides is 1. The van der Waals surface area contributed by atoms with E-state index in [0.29, 0.717) is 13.1 Å². The molecule has 0 spiro atoms. The number of carbonyl (C=O) groups excluding carboxylic acids is 1. The standard InChI is InChI=1S/C13H19N3O2/c1-13(2,18)10-4-5-11(14-8-10)16-7-6-15(3)12(17)9-16/h4-5,8,18H,6-7,9H2,1-3H3. The Bertz CT molecular complexity index is 437. The molecule has 1 N–H and O–H groups in total. The van der Waals surface area contributed by atoms with Crippen molar-refractivity contribution in [3.63, 3.8) is 0 Å². The number of hydrogen-bond donors (Lipinski definition) is 1. The van der Waals surface area contributed by atoms with Crippen LogP contribution in [-0.4, -0.2) is 47.6 Å². The highest BCUT2D eigenvalue weighted by Gasteiger charge is 2.22. The lowest BCUT2D eigenvalue weighted by atomic mass is 10.0. The summed E-state index contributed by atoms with van der Waals surface area (Å²) in [6, 6.07) is 3.71. The van der Waals surface area contributed by atoms with Crippen LogP contribution < -0.4 is 4.90 Å². The Morgan fingerprint density at radius 1 is 1.33 bits per heavy atom. The summed E-state index contributed by atoms with van der Waals surface area (Å²) in [7, 11) is 1.81. The van der Waals surface area contributed by atoms with Gasteiger partial charge >= 0.3 is 0 Å². The molecule has 0 atom stereocenters. The molecular formula is C13H19N3O2. The van der Waals surface area contributed by atoms with Crippen molar-refractivity contribution in [1.82, 2.24) is 9.88 Å². The van der Waals surface area contributed by atoms with E-state index in [1.165, 1.54) is 0 Å². The minimum Gasteiger partial charge on any atom is -0.386 e. The fourth-order valence-corrected chi connectivity index (χ4v) is 1.89. The van der Waals surface area contributed by atoms with E-state index in [4.69, 9.17) is 0 Å². The van der Waals surface area contributed by atoms with E-state index in [0.717, 1.165) is 17.9 Å². The number of aromatic nitrogens is 1. The normalized spacial score (nSPS) is 17.2. The topological polar surface area (TPSA) is 56.7 Å². The number of rotatable bonds is 2. The zero-order valence-corrected chi connectivity index (χ0v) is 11.1. The molecule has 0 unspecified atom stereocenters. The van der Waals surface area contributed by atoms with E-state index in [2.05, 4.69) is 4.98 Å². The molecule has 1 fully saturated rings. The van der Waals surface area contributed by atoms with E-state index in [1.807, 2.05) is 24.1 Å². The van der Waals surface area contributed by atoms with E-state index in [-0.39, 0.29) is 5.91 Å². The van der Waals surface area contributed by atoms with Crippen LogP contribution in [0.3, 0.4) is 0 Å². The quantitative estimate of drug-likeness (QED) is 0.833. The second kappa shape index (κ2) is 4.57. The minimum atomic E-state index is -0.885. The molecule has 1 saturated heterocycles. The maximum atomic E-state index is 11.6. The zero-order chi connectivity index (χ0) is 13.3. The molecule has 2 rings (SSSR count). The Morgan fingerprint density at radius 2 is 2.06 bits per heavy atom. The lowest BCUT2D eigenvalue weighted by molar-refractivity contribution is -0.129. The van der Waals surface area contributed by atoms with Gasteiger partial charge in [0.1, 0.15) is 5.82 Å². The number of pyridine rings is 1. The molecule has 0 aliphatic carbocycles. The van der Waals surface area contributed by atoms with Gasteiger partial charge in [-0.1, -0.05) is 6.07 Å². The Labute approximate surface area is 107 Å². The molecule has 1 amide bonds. The number of likely N-dealkylation sites (N-methyl/N-ethyl adjacent to an activating group) is 1. The first-order valence-corrected chi connectivity index (χ1v) is 6.06. The van der Waals surface area contributed by atoms with Gasteiger partial charge in [0.05, 0.1) is 12.1 Å². The number of nitrogens with zero attached hydrogens (tertiary/aromatic N) is 3. The van der Waals surface area contributed by atoms with Crippen molar-refractivity contribution in [1.29, 1.82) is 0 Å². The van der Waals surface area contributed by atoms with Gasteiger partial charge in [0.25, 0.3) is 0 Å². The smallest absolute Gasteiger partial charge is 0.241 e. The Kier molecular flexibility index (Phi) is 3.26. The van der Waals surface area contributed by atoms with Gasteiger partial charge in [0.15, 0.2) is 0 Å². The first-order chi connectivity index (χ1) is 8.38. The molecule has 5 nitrogen and oxygen atoms in total. The molecule has 0 aromatic carbocycles. The van der Waals surface area contributed by atoms with Crippen LogP contribution >= 0.6 is 0 Å². The van der Waals surface area contributed by atoms with Crippen LogP contribution in [0.15, 0.2) is 18.3 Å². The number of aliphatic hydroxyl groups is 1. The lowest BCUT2D eigenvalue weighted by Crippen LogP contribution is -2.48. The van der Waals surface area contributed by atoms with Gasteiger partial charge in [-0.3, -0.25) is 4.79 Å². The summed E-state index contributed by atoms with van der Waals surface area (Å²) >= 11 is 0. The van der Waals surface area contributed by atoms with Crippen molar-refractivity contribution in [3.05, 3.63) is 23.9 Å². The SMILES string of the molecule is CN1CCN(c2ccc(C(C)(C)O)cn2)CC1=O. The zero-order valence-electron chi connectivity index (χ0n) is 11.1. The van der Waals surface area contributed by atoms with Gasteiger partial charge in [0, 0.05) is 31.9 Å². The summed E-state index contributed by atoms with van der Waals surface area (Å²) in [6.07, 6.45) is 1.66. The molecule has 1 aliphatic rings. The first kappa shape index (κ1) is 12.8. The maximum Gasteiger partial charge on any atom is 0.241 e. The van der Waals surface area contributed by atoms with E-state index in [9.17, 15) is 9.90 Å². The predicted octanol–water partition coefficient (Wildman–Crippen LogP) is 0.587. The number of piperazine rings is 1. The molecule has 1 aromatic rings. The van der Waals surface area contributed by atoms with Gasteiger partial charge in [0.2, 0.25) is 5.91 Å². The average Bonchev–Trinajstić information content (AvgIpc) is 2.32. The molecule has 0 bridgehead atoms. The third kappa shape index (κ3) is 2.61. The molecule has 18 heavy (non-hydrogen) atoms. The molecule has 5 heteroatoms. The second-order valence-electron chi connectivity index (χ2n) is 5.20. The molecule has 0 radical (unpaired) electrons. The van der Waals surface area contributed by atoms with E-state index in [1.54, 1.807) is 24.9 Å². The molecule has 2 heterocycles. The van der Waals surface area contributed by atoms with Gasteiger partial charge in [-0.05, 0) is 19.9 Å². The Balaban J connectivity index is 2.13. The van der Waals surface area contributed by atoms with Gasteiger partial charge in [-0.25, -0.2) is 4.98 Å². The fraction of sp³-hybridized carbons (Fsp3) is 0.538. The minimum absolute atomic E-state index is 0.106. The summed E-state index contributed by atoms with van der Waals surface area (Å²) in [5.41, 5.74) is -0.115. The third-order valence-corrected chi connectivity index (χ3v) is 3.24. The van der Waals surface area contributed by atoms with Crippen molar-refractivity contribution < 1.29 is 9.90 Å². The van der Waals surface area contributed by atoms with Crippen molar-refractivity contribution in [2.75, 3.05) is 31.6 Å². The predicted molar refractivity (Wildman–Crippen MR) is 69.3 cm³/mol. The second-order valence-corrected chi connectivity index (χ2v) is 5.20. The number of hydrogen-bond acceptors (Lipinski definition) is 4. The molecule has 1 aliphatic heterocycles. The van der Waals surface area contributed by atoms with Gasteiger partial charge in [-0.2, -0.15) is 0 Å². The van der Waals surface area contributed by atoms with Crippen LogP contribution in [0.4, 0.5) is 5.82 Å². The summed E-state index contributed by atoms with van der Waals surface area (Å²) < 4.78 is 0. The number of anilines is 1. The summed E-state index contributed by atoms with van der Waals surface area (Å²) in [4.78, 5) is 19.6. The Morgan fingerprint density at radius 3 is 2.56 bits per heavy atom. The highest BCUT2D eigenvalue weighted by atomic mass is 16.3.